The zero-order valence-corrected chi connectivity index (χ0v) is 9.94. The second kappa shape index (κ2) is 6.22. The number of likely N-dealkylation sites (tertiary alicyclic amines) is 1. The standard InChI is InChI=1S/C11H18N2O4/c1-8(14)13-6-2-3-9(13)7-12-10(15)4-5-11(16)17/h9H,2-7H2,1H3,(H,12,15)(H,16,17). The summed E-state index contributed by atoms with van der Waals surface area (Å²) in [7, 11) is 0. The van der Waals surface area contributed by atoms with Gasteiger partial charge in [0.05, 0.1) is 6.42 Å². The summed E-state index contributed by atoms with van der Waals surface area (Å²) in [6, 6.07) is 0.0567. The van der Waals surface area contributed by atoms with Gasteiger partial charge in [0.15, 0.2) is 0 Å². The molecule has 0 aliphatic carbocycles. The van der Waals surface area contributed by atoms with E-state index in [4.69, 9.17) is 5.11 Å². The van der Waals surface area contributed by atoms with Gasteiger partial charge < -0.3 is 15.3 Å². The summed E-state index contributed by atoms with van der Waals surface area (Å²) < 4.78 is 0. The second-order valence-corrected chi connectivity index (χ2v) is 4.21. The van der Waals surface area contributed by atoms with Crippen LogP contribution in [0.3, 0.4) is 0 Å². The number of hydrogen-bond donors (Lipinski definition) is 2. The number of hydrogen-bond acceptors (Lipinski definition) is 3. The number of nitrogens with one attached hydrogen (secondary N) is 1. The van der Waals surface area contributed by atoms with Gasteiger partial charge >= 0.3 is 5.97 Å². The Balaban J connectivity index is 2.27. The monoisotopic (exact) mass is 242 g/mol. The lowest BCUT2D eigenvalue weighted by atomic mass is 10.2. The molecule has 1 saturated heterocycles. The number of amides is 2. The summed E-state index contributed by atoms with van der Waals surface area (Å²) in [5.74, 6) is -1.23. The van der Waals surface area contributed by atoms with Crippen LogP contribution < -0.4 is 5.32 Å². The number of nitrogens with zero attached hydrogens (tertiary/aromatic N) is 1. The van der Waals surface area contributed by atoms with Crippen molar-refractivity contribution in [2.24, 2.45) is 0 Å². The van der Waals surface area contributed by atoms with Crippen molar-refractivity contribution >= 4 is 17.8 Å². The molecule has 0 radical (unpaired) electrons. The van der Waals surface area contributed by atoms with Gasteiger partial charge in [0.2, 0.25) is 11.8 Å². The Kier molecular flexibility index (Phi) is 4.93. The van der Waals surface area contributed by atoms with Crippen molar-refractivity contribution in [2.75, 3.05) is 13.1 Å². The summed E-state index contributed by atoms with van der Waals surface area (Å²) in [6.07, 6.45) is 1.67. The van der Waals surface area contributed by atoms with Crippen LogP contribution in [-0.4, -0.2) is 46.9 Å². The van der Waals surface area contributed by atoms with Gasteiger partial charge in [-0.1, -0.05) is 0 Å². The van der Waals surface area contributed by atoms with Gasteiger partial charge in [-0.05, 0) is 12.8 Å². The van der Waals surface area contributed by atoms with Crippen LogP contribution in [0.4, 0.5) is 0 Å². The minimum atomic E-state index is -0.980. The molecular weight excluding hydrogens is 224 g/mol. The Bertz CT molecular complexity index is 317. The Labute approximate surface area is 100.0 Å². The van der Waals surface area contributed by atoms with E-state index in [2.05, 4.69) is 5.32 Å². The summed E-state index contributed by atoms with van der Waals surface area (Å²) in [5.41, 5.74) is 0. The normalized spacial score (nSPS) is 19.1. The molecular formula is C11H18N2O4. The second-order valence-electron chi connectivity index (χ2n) is 4.21. The van der Waals surface area contributed by atoms with E-state index in [1.807, 2.05) is 0 Å². The highest BCUT2D eigenvalue weighted by molar-refractivity contribution is 5.80. The molecule has 96 valence electrons. The van der Waals surface area contributed by atoms with Crippen molar-refractivity contribution in [3.63, 3.8) is 0 Å². The van der Waals surface area contributed by atoms with Gasteiger partial charge in [0.1, 0.15) is 0 Å². The number of carbonyl (C=O) groups excluding carboxylic acids is 2. The van der Waals surface area contributed by atoms with Crippen LogP contribution >= 0.6 is 0 Å². The van der Waals surface area contributed by atoms with Crippen LogP contribution in [0.5, 0.6) is 0 Å². The van der Waals surface area contributed by atoms with Crippen LogP contribution in [-0.2, 0) is 14.4 Å². The fraction of sp³-hybridized carbons (Fsp3) is 0.727. The highest BCUT2D eigenvalue weighted by atomic mass is 16.4. The average Bonchev–Trinajstić information content (AvgIpc) is 2.71. The molecule has 2 amide bonds. The van der Waals surface area contributed by atoms with Crippen LogP contribution in [0.25, 0.3) is 0 Å². The predicted octanol–water partition coefficient (Wildman–Crippen LogP) is -0.0217. The molecule has 1 rings (SSSR count). The van der Waals surface area contributed by atoms with E-state index in [-0.39, 0.29) is 30.7 Å². The molecule has 0 aromatic heterocycles. The van der Waals surface area contributed by atoms with E-state index in [1.54, 1.807) is 4.90 Å². The molecule has 0 aromatic rings. The van der Waals surface area contributed by atoms with Crippen molar-refractivity contribution in [3.8, 4) is 0 Å². The molecule has 1 aliphatic rings. The lowest BCUT2D eigenvalue weighted by molar-refractivity contribution is -0.138. The lowest BCUT2D eigenvalue weighted by Crippen LogP contribution is -2.42. The maximum absolute atomic E-state index is 11.3. The number of aliphatic carboxylic acids is 1. The predicted molar refractivity (Wildman–Crippen MR) is 60.3 cm³/mol. The first-order chi connectivity index (χ1) is 8.00. The van der Waals surface area contributed by atoms with Gasteiger partial charge in [-0.25, -0.2) is 0 Å². The maximum atomic E-state index is 11.3. The lowest BCUT2D eigenvalue weighted by Gasteiger charge is -2.23. The summed E-state index contributed by atoms with van der Waals surface area (Å²) in [6.45, 7) is 2.67. The fourth-order valence-electron chi connectivity index (χ4n) is 2.00. The molecule has 0 spiro atoms. The van der Waals surface area contributed by atoms with Crippen LogP contribution in [0, 0.1) is 0 Å². The SMILES string of the molecule is CC(=O)N1CCCC1CNC(=O)CCC(=O)O. The minimum absolute atomic E-state index is 0.0118. The Hall–Kier alpha value is -1.59. The minimum Gasteiger partial charge on any atom is -0.481 e. The van der Waals surface area contributed by atoms with E-state index in [1.165, 1.54) is 6.92 Å². The van der Waals surface area contributed by atoms with Crippen molar-refractivity contribution in [2.45, 2.75) is 38.6 Å². The van der Waals surface area contributed by atoms with E-state index in [0.717, 1.165) is 19.4 Å². The number of rotatable bonds is 5. The van der Waals surface area contributed by atoms with E-state index in [0.29, 0.717) is 6.54 Å². The molecule has 6 nitrogen and oxygen atoms in total. The number of carboxylic acid groups (broad SMARTS) is 1. The van der Waals surface area contributed by atoms with Crippen molar-refractivity contribution < 1.29 is 19.5 Å². The first-order valence-corrected chi connectivity index (χ1v) is 5.76. The van der Waals surface area contributed by atoms with Gasteiger partial charge in [-0.2, -0.15) is 0 Å². The summed E-state index contributed by atoms with van der Waals surface area (Å²) >= 11 is 0. The molecule has 1 unspecified atom stereocenters. The largest absolute Gasteiger partial charge is 0.481 e. The first kappa shape index (κ1) is 13.5. The molecule has 0 bridgehead atoms. The van der Waals surface area contributed by atoms with Crippen molar-refractivity contribution in [3.05, 3.63) is 0 Å². The Morgan fingerprint density at radius 2 is 2.06 bits per heavy atom. The molecule has 17 heavy (non-hydrogen) atoms. The van der Waals surface area contributed by atoms with Crippen LogP contribution in [0.2, 0.25) is 0 Å². The number of carbonyl (C=O) groups is 3. The molecule has 1 fully saturated rings. The summed E-state index contributed by atoms with van der Waals surface area (Å²) in [5, 5.41) is 11.1. The highest BCUT2D eigenvalue weighted by Gasteiger charge is 2.26. The number of carboxylic acids is 1. The van der Waals surface area contributed by atoms with Crippen LogP contribution in [0.1, 0.15) is 32.6 Å². The Morgan fingerprint density at radius 3 is 2.65 bits per heavy atom. The van der Waals surface area contributed by atoms with Crippen LogP contribution in [0.15, 0.2) is 0 Å². The molecule has 6 heteroatoms. The Morgan fingerprint density at radius 1 is 1.35 bits per heavy atom. The zero-order valence-electron chi connectivity index (χ0n) is 9.94. The average molecular weight is 242 g/mol. The molecule has 1 atom stereocenters. The molecule has 0 aromatic carbocycles. The van der Waals surface area contributed by atoms with Gasteiger partial charge in [-0.3, -0.25) is 14.4 Å². The smallest absolute Gasteiger partial charge is 0.303 e. The molecule has 1 aliphatic heterocycles. The molecule has 0 saturated carbocycles. The van der Waals surface area contributed by atoms with E-state index >= 15 is 0 Å². The van der Waals surface area contributed by atoms with E-state index < -0.39 is 5.97 Å². The van der Waals surface area contributed by atoms with E-state index in [9.17, 15) is 14.4 Å². The zero-order chi connectivity index (χ0) is 12.8. The molecule has 2 N–H and O–H groups in total. The third-order valence-electron chi connectivity index (χ3n) is 2.88. The molecule has 1 heterocycles. The van der Waals surface area contributed by atoms with Gasteiger partial charge in [0, 0.05) is 32.5 Å². The maximum Gasteiger partial charge on any atom is 0.303 e. The first-order valence-electron chi connectivity index (χ1n) is 5.76. The third-order valence-corrected chi connectivity index (χ3v) is 2.88. The van der Waals surface area contributed by atoms with Crippen molar-refractivity contribution in [1.82, 2.24) is 10.2 Å². The van der Waals surface area contributed by atoms with Gasteiger partial charge in [0.25, 0.3) is 0 Å². The fourth-order valence-corrected chi connectivity index (χ4v) is 2.00. The topological polar surface area (TPSA) is 86.7 Å². The summed E-state index contributed by atoms with van der Waals surface area (Å²) in [4.78, 5) is 34.6. The highest BCUT2D eigenvalue weighted by Crippen LogP contribution is 2.16. The van der Waals surface area contributed by atoms with Crippen molar-refractivity contribution in [1.29, 1.82) is 0 Å². The van der Waals surface area contributed by atoms with Gasteiger partial charge in [-0.15, -0.1) is 0 Å². The third kappa shape index (κ3) is 4.42. The quantitative estimate of drug-likeness (QED) is 0.709.